The van der Waals surface area contributed by atoms with Crippen molar-refractivity contribution in [3.63, 3.8) is 0 Å². The number of carbonyl (C=O) groups is 1. The van der Waals surface area contributed by atoms with Gasteiger partial charge in [0.15, 0.2) is 11.5 Å². The summed E-state index contributed by atoms with van der Waals surface area (Å²) in [4.78, 5) is 22.6. The van der Waals surface area contributed by atoms with Crippen LogP contribution in [0.4, 0.5) is 0 Å². The van der Waals surface area contributed by atoms with Crippen LogP contribution in [-0.4, -0.2) is 10.8 Å². The van der Waals surface area contributed by atoms with E-state index in [4.69, 9.17) is 4.84 Å². The van der Waals surface area contributed by atoms with Gasteiger partial charge in [-0.25, -0.2) is 10.5 Å². The highest BCUT2D eigenvalue weighted by Crippen LogP contribution is 2.44. The molecule has 2 heterocycles. The Hall–Kier alpha value is -2.14. The summed E-state index contributed by atoms with van der Waals surface area (Å²) in [7, 11) is 0. The topological polar surface area (TPSA) is 51.2 Å². The SMILES string of the molecule is O=C1CCC(C2=CNOc3ccccc32)c2ncsc21. The first-order valence-corrected chi connectivity index (χ1v) is 7.41. The molecule has 20 heavy (non-hydrogen) atoms. The largest absolute Gasteiger partial charge is 0.382 e. The summed E-state index contributed by atoms with van der Waals surface area (Å²) < 4.78 is 0. The van der Waals surface area contributed by atoms with Crippen LogP contribution in [0.25, 0.3) is 5.57 Å². The van der Waals surface area contributed by atoms with E-state index < -0.39 is 0 Å². The molecule has 1 N–H and O–H groups in total. The summed E-state index contributed by atoms with van der Waals surface area (Å²) >= 11 is 1.44. The molecule has 100 valence electrons. The zero-order valence-electron chi connectivity index (χ0n) is 10.6. The van der Waals surface area contributed by atoms with Gasteiger partial charge in [0.1, 0.15) is 0 Å². The molecule has 0 spiro atoms. The van der Waals surface area contributed by atoms with Gasteiger partial charge in [-0.1, -0.05) is 18.2 Å². The van der Waals surface area contributed by atoms with E-state index in [1.807, 2.05) is 30.5 Å². The third-order valence-corrected chi connectivity index (χ3v) is 4.68. The Labute approximate surface area is 120 Å². The first kappa shape index (κ1) is 11.7. The Kier molecular flexibility index (Phi) is 2.60. The number of nitrogens with zero attached hydrogens (tertiary/aromatic N) is 1. The van der Waals surface area contributed by atoms with Crippen molar-refractivity contribution >= 4 is 22.7 Å². The molecule has 2 aromatic rings. The molecule has 0 bridgehead atoms. The number of nitrogens with one attached hydrogen (secondary N) is 1. The number of para-hydroxylation sites is 1. The maximum absolute atomic E-state index is 11.9. The zero-order chi connectivity index (χ0) is 13.5. The van der Waals surface area contributed by atoms with E-state index in [1.165, 1.54) is 11.3 Å². The quantitative estimate of drug-likeness (QED) is 0.874. The summed E-state index contributed by atoms with van der Waals surface area (Å²) in [5.74, 6) is 1.19. The lowest BCUT2D eigenvalue weighted by atomic mass is 9.81. The predicted molar refractivity (Wildman–Crippen MR) is 76.6 cm³/mol. The van der Waals surface area contributed by atoms with E-state index in [9.17, 15) is 4.79 Å². The van der Waals surface area contributed by atoms with Crippen LogP contribution in [0.5, 0.6) is 5.75 Å². The number of thiazole rings is 1. The van der Waals surface area contributed by atoms with Crippen molar-refractivity contribution < 1.29 is 9.63 Å². The van der Waals surface area contributed by atoms with E-state index in [2.05, 4.69) is 10.5 Å². The number of ketones is 1. The molecule has 1 aromatic heterocycles. The minimum Gasteiger partial charge on any atom is -0.382 e. The first-order chi connectivity index (χ1) is 9.84. The Morgan fingerprint density at radius 1 is 1.35 bits per heavy atom. The lowest BCUT2D eigenvalue weighted by Gasteiger charge is -2.27. The van der Waals surface area contributed by atoms with Gasteiger partial charge < -0.3 is 4.84 Å². The molecule has 1 atom stereocenters. The molecular formula is C15H12N2O2S. The Morgan fingerprint density at radius 3 is 3.20 bits per heavy atom. The predicted octanol–water partition coefficient (Wildman–Crippen LogP) is 3.14. The Bertz CT molecular complexity index is 720. The first-order valence-electron chi connectivity index (χ1n) is 6.53. The summed E-state index contributed by atoms with van der Waals surface area (Å²) in [6, 6.07) is 7.93. The second kappa shape index (κ2) is 4.45. The van der Waals surface area contributed by atoms with E-state index in [1.54, 1.807) is 5.51 Å². The van der Waals surface area contributed by atoms with Gasteiger partial charge in [0.25, 0.3) is 0 Å². The fraction of sp³-hybridized carbons (Fsp3) is 0.200. The average molecular weight is 284 g/mol. The van der Waals surface area contributed by atoms with E-state index in [0.717, 1.165) is 33.9 Å². The average Bonchev–Trinajstić information content (AvgIpc) is 2.98. The molecular weight excluding hydrogens is 272 g/mol. The highest BCUT2D eigenvalue weighted by atomic mass is 32.1. The monoisotopic (exact) mass is 284 g/mol. The lowest BCUT2D eigenvalue weighted by molar-refractivity contribution is 0.0974. The van der Waals surface area contributed by atoms with Crippen molar-refractivity contribution in [2.75, 3.05) is 0 Å². The van der Waals surface area contributed by atoms with Crippen LogP contribution in [0.1, 0.15) is 39.7 Å². The van der Waals surface area contributed by atoms with Crippen LogP contribution < -0.4 is 10.3 Å². The number of Topliss-reactive ketones (excluding diaryl/α,β-unsaturated/α-hetero) is 1. The number of allylic oxidation sites excluding steroid dienone is 1. The van der Waals surface area contributed by atoms with Crippen molar-refractivity contribution in [3.05, 3.63) is 52.1 Å². The molecule has 0 saturated heterocycles. The third kappa shape index (κ3) is 1.67. The number of fused-ring (bicyclic) bond motifs is 2. The van der Waals surface area contributed by atoms with Gasteiger partial charge in [-0.3, -0.25) is 4.79 Å². The number of hydrogen-bond acceptors (Lipinski definition) is 5. The molecule has 4 rings (SSSR count). The van der Waals surface area contributed by atoms with Crippen molar-refractivity contribution in [2.24, 2.45) is 0 Å². The van der Waals surface area contributed by atoms with Gasteiger partial charge in [0.2, 0.25) is 0 Å². The fourth-order valence-corrected chi connectivity index (χ4v) is 3.68. The van der Waals surface area contributed by atoms with E-state index in [-0.39, 0.29) is 11.7 Å². The summed E-state index contributed by atoms with van der Waals surface area (Å²) in [5, 5.41) is 0. The van der Waals surface area contributed by atoms with Crippen LogP contribution in [-0.2, 0) is 0 Å². The Morgan fingerprint density at radius 2 is 2.25 bits per heavy atom. The van der Waals surface area contributed by atoms with E-state index >= 15 is 0 Å². The molecule has 1 unspecified atom stereocenters. The Balaban J connectivity index is 1.82. The van der Waals surface area contributed by atoms with Gasteiger partial charge in [0.05, 0.1) is 16.1 Å². The van der Waals surface area contributed by atoms with Gasteiger partial charge in [-0.15, -0.1) is 11.3 Å². The number of aromatic nitrogens is 1. The molecule has 1 aromatic carbocycles. The van der Waals surface area contributed by atoms with Crippen LogP contribution in [0, 0.1) is 0 Å². The standard InChI is InChI=1S/C15H12N2O2S/c18-12-6-5-10(14-15(12)20-8-16-14)11-7-17-19-13-4-2-1-3-9(11)13/h1-4,7-8,10,17H,5-6H2. The molecule has 1 aliphatic heterocycles. The minimum atomic E-state index is 0.159. The van der Waals surface area contributed by atoms with E-state index in [0.29, 0.717) is 6.42 Å². The number of rotatable bonds is 1. The maximum Gasteiger partial charge on any atom is 0.174 e. The van der Waals surface area contributed by atoms with Crippen molar-refractivity contribution in [3.8, 4) is 5.75 Å². The second-order valence-corrected chi connectivity index (χ2v) is 5.75. The molecule has 0 fully saturated rings. The fourth-order valence-electron chi connectivity index (χ4n) is 2.86. The number of benzene rings is 1. The van der Waals surface area contributed by atoms with Crippen LogP contribution in [0.15, 0.2) is 36.0 Å². The molecule has 0 radical (unpaired) electrons. The molecule has 2 aliphatic rings. The minimum absolute atomic E-state index is 0.159. The van der Waals surface area contributed by atoms with Crippen LogP contribution >= 0.6 is 11.3 Å². The third-order valence-electron chi connectivity index (χ3n) is 3.80. The molecule has 0 amide bonds. The summed E-state index contributed by atoms with van der Waals surface area (Å²) in [6.45, 7) is 0. The van der Waals surface area contributed by atoms with Crippen LogP contribution in [0.3, 0.4) is 0 Å². The molecule has 5 heteroatoms. The second-order valence-electron chi connectivity index (χ2n) is 4.90. The highest BCUT2D eigenvalue weighted by Gasteiger charge is 2.33. The highest BCUT2D eigenvalue weighted by molar-refractivity contribution is 7.12. The van der Waals surface area contributed by atoms with Gasteiger partial charge >= 0.3 is 0 Å². The van der Waals surface area contributed by atoms with Crippen molar-refractivity contribution in [1.29, 1.82) is 0 Å². The summed E-state index contributed by atoms with van der Waals surface area (Å²) in [6.07, 6.45) is 3.27. The molecule has 0 saturated carbocycles. The van der Waals surface area contributed by atoms with Crippen molar-refractivity contribution in [1.82, 2.24) is 10.5 Å². The lowest BCUT2D eigenvalue weighted by Crippen LogP contribution is -2.22. The van der Waals surface area contributed by atoms with Gasteiger partial charge in [0, 0.05) is 24.1 Å². The van der Waals surface area contributed by atoms with Gasteiger partial charge in [-0.2, -0.15) is 0 Å². The molecule has 1 aliphatic carbocycles. The number of hydrogen-bond donors (Lipinski definition) is 1. The smallest absolute Gasteiger partial charge is 0.174 e. The summed E-state index contributed by atoms with van der Waals surface area (Å²) in [5.41, 5.74) is 7.75. The van der Waals surface area contributed by atoms with Crippen molar-refractivity contribution in [2.45, 2.75) is 18.8 Å². The normalized spacial score (nSPS) is 20.3. The van der Waals surface area contributed by atoms with Gasteiger partial charge in [-0.05, 0) is 18.1 Å². The maximum atomic E-state index is 11.9. The number of hydroxylamine groups is 1. The van der Waals surface area contributed by atoms with Crippen LogP contribution in [0.2, 0.25) is 0 Å². The molecule has 4 nitrogen and oxygen atoms in total. The number of carbonyl (C=O) groups excluding carboxylic acids is 1. The zero-order valence-corrected chi connectivity index (χ0v) is 11.4.